The SMILES string of the molecule is COC(=O)CCNC(=O)/C=C/c1cnc2ccccc2n1. The van der Waals surface area contributed by atoms with Gasteiger partial charge in [0.25, 0.3) is 0 Å². The third-order valence-electron chi connectivity index (χ3n) is 2.73. The van der Waals surface area contributed by atoms with Gasteiger partial charge in [0, 0.05) is 12.6 Å². The number of carbonyl (C=O) groups excluding carboxylic acids is 2. The number of hydrogen-bond acceptors (Lipinski definition) is 5. The first-order valence-electron chi connectivity index (χ1n) is 6.43. The highest BCUT2D eigenvalue weighted by atomic mass is 16.5. The number of methoxy groups -OCH3 is 1. The van der Waals surface area contributed by atoms with Gasteiger partial charge in [-0.05, 0) is 18.2 Å². The monoisotopic (exact) mass is 285 g/mol. The Morgan fingerprint density at radius 2 is 2.05 bits per heavy atom. The van der Waals surface area contributed by atoms with Crippen LogP contribution in [-0.4, -0.2) is 35.5 Å². The number of fused-ring (bicyclic) bond motifs is 1. The van der Waals surface area contributed by atoms with Crippen LogP contribution in [0.4, 0.5) is 0 Å². The number of carbonyl (C=O) groups is 2. The molecule has 0 radical (unpaired) electrons. The average Bonchev–Trinajstić information content (AvgIpc) is 2.52. The van der Waals surface area contributed by atoms with E-state index in [1.807, 2.05) is 24.3 Å². The summed E-state index contributed by atoms with van der Waals surface area (Å²) in [6.45, 7) is 0.235. The van der Waals surface area contributed by atoms with Gasteiger partial charge >= 0.3 is 5.97 Å². The fraction of sp³-hybridized carbons (Fsp3) is 0.200. The van der Waals surface area contributed by atoms with Crippen molar-refractivity contribution in [2.45, 2.75) is 6.42 Å². The van der Waals surface area contributed by atoms with Crippen molar-refractivity contribution in [3.8, 4) is 0 Å². The Hall–Kier alpha value is -2.76. The normalized spacial score (nSPS) is 10.7. The van der Waals surface area contributed by atoms with Crippen LogP contribution in [0.2, 0.25) is 0 Å². The van der Waals surface area contributed by atoms with Gasteiger partial charge < -0.3 is 10.1 Å². The van der Waals surface area contributed by atoms with Gasteiger partial charge in [-0.1, -0.05) is 12.1 Å². The molecule has 0 aliphatic heterocycles. The van der Waals surface area contributed by atoms with Gasteiger partial charge in [0.2, 0.25) is 5.91 Å². The topological polar surface area (TPSA) is 81.2 Å². The second-order valence-electron chi connectivity index (χ2n) is 4.23. The summed E-state index contributed by atoms with van der Waals surface area (Å²) < 4.78 is 4.48. The number of benzene rings is 1. The molecule has 2 aromatic rings. The van der Waals surface area contributed by atoms with Gasteiger partial charge in [0.15, 0.2) is 0 Å². The summed E-state index contributed by atoms with van der Waals surface area (Å²) >= 11 is 0. The number of nitrogens with one attached hydrogen (secondary N) is 1. The highest BCUT2D eigenvalue weighted by Gasteiger charge is 2.01. The summed E-state index contributed by atoms with van der Waals surface area (Å²) in [6.07, 6.45) is 4.68. The van der Waals surface area contributed by atoms with Gasteiger partial charge in [-0.3, -0.25) is 14.6 Å². The predicted molar refractivity (Wildman–Crippen MR) is 78.2 cm³/mol. The summed E-state index contributed by atoms with van der Waals surface area (Å²) in [6, 6.07) is 7.50. The third kappa shape index (κ3) is 4.38. The van der Waals surface area contributed by atoms with Crippen LogP contribution >= 0.6 is 0 Å². The van der Waals surface area contributed by atoms with Crippen molar-refractivity contribution < 1.29 is 14.3 Å². The van der Waals surface area contributed by atoms with Crippen LogP contribution in [0.15, 0.2) is 36.5 Å². The first-order chi connectivity index (χ1) is 10.2. The Kier molecular flexibility index (Phi) is 4.98. The molecule has 1 amide bonds. The van der Waals surface area contributed by atoms with Crippen LogP contribution in [0, 0.1) is 0 Å². The van der Waals surface area contributed by atoms with Gasteiger partial charge in [-0.25, -0.2) is 4.98 Å². The molecule has 21 heavy (non-hydrogen) atoms. The summed E-state index contributed by atoms with van der Waals surface area (Å²) in [4.78, 5) is 31.1. The molecule has 1 aromatic carbocycles. The number of rotatable bonds is 5. The smallest absolute Gasteiger partial charge is 0.307 e. The summed E-state index contributed by atoms with van der Waals surface area (Å²) in [5.74, 6) is -0.659. The molecule has 1 heterocycles. The number of esters is 1. The second-order valence-corrected chi connectivity index (χ2v) is 4.23. The van der Waals surface area contributed by atoms with E-state index in [0.717, 1.165) is 11.0 Å². The van der Waals surface area contributed by atoms with Crippen molar-refractivity contribution in [2.24, 2.45) is 0 Å². The number of hydrogen-bond donors (Lipinski definition) is 1. The maximum absolute atomic E-state index is 11.6. The maximum atomic E-state index is 11.6. The molecule has 0 bridgehead atoms. The predicted octanol–water partition coefficient (Wildman–Crippen LogP) is 1.32. The highest BCUT2D eigenvalue weighted by molar-refractivity contribution is 5.91. The first-order valence-corrected chi connectivity index (χ1v) is 6.43. The molecule has 0 aliphatic carbocycles. The van der Waals surface area contributed by atoms with Crippen LogP contribution in [0.1, 0.15) is 12.1 Å². The molecule has 108 valence electrons. The minimum Gasteiger partial charge on any atom is -0.469 e. The zero-order valence-corrected chi connectivity index (χ0v) is 11.6. The van der Waals surface area contributed by atoms with Crippen molar-refractivity contribution in [3.05, 3.63) is 42.2 Å². The van der Waals surface area contributed by atoms with E-state index in [1.54, 1.807) is 12.3 Å². The molecular formula is C15H15N3O3. The zero-order chi connectivity index (χ0) is 15.1. The molecule has 6 nitrogen and oxygen atoms in total. The zero-order valence-electron chi connectivity index (χ0n) is 11.6. The van der Waals surface area contributed by atoms with Gasteiger partial charge in [0.05, 0.1) is 36.5 Å². The lowest BCUT2D eigenvalue weighted by Crippen LogP contribution is -2.24. The molecule has 0 fully saturated rings. The molecule has 0 atom stereocenters. The summed E-state index contributed by atoms with van der Waals surface area (Å²) in [7, 11) is 1.31. The number of nitrogens with zero attached hydrogens (tertiary/aromatic N) is 2. The number of ether oxygens (including phenoxy) is 1. The molecule has 1 N–H and O–H groups in total. The minimum atomic E-state index is -0.361. The lowest BCUT2D eigenvalue weighted by atomic mass is 10.3. The van der Waals surface area contributed by atoms with Gasteiger partial charge in [-0.15, -0.1) is 0 Å². The molecule has 0 unspecified atom stereocenters. The van der Waals surface area contributed by atoms with Gasteiger partial charge in [-0.2, -0.15) is 0 Å². The molecule has 2 rings (SSSR count). The van der Waals surface area contributed by atoms with E-state index in [0.29, 0.717) is 5.69 Å². The maximum Gasteiger partial charge on any atom is 0.307 e. The van der Waals surface area contributed by atoms with Crippen molar-refractivity contribution in [1.29, 1.82) is 0 Å². The van der Waals surface area contributed by atoms with Crippen LogP contribution in [0.25, 0.3) is 17.1 Å². The fourth-order valence-corrected chi connectivity index (χ4v) is 1.66. The number of para-hydroxylation sites is 2. The Bertz CT molecular complexity index is 683. The van der Waals surface area contributed by atoms with Crippen LogP contribution < -0.4 is 5.32 Å². The van der Waals surface area contributed by atoms with Crippen molar-refractivity contribution in [3.63, 3.8) is 0 Å². The van der Waals surface area contributed by atoms with Crippen LogP contribution in [0.5, 0.6) is 0 Å². The van der Waals surface area contributed by atoms with Gasteiger partial charge in [0.1, 0.15) is 0 Å². The molecule has 0 spiro atoms. The fourth-order valence-electron chi connectivity index (χ4n) is 1.66. The number of amides is 1. The minimum absolute atomic E-state index is 0.145. The van der Waals surface area contributed by atoms with Crippen LogP contribution in [0.3, 0.4) is 0 Å². The first kappa shape index (κ1) is 14.6. The second kappa shape index (κ2) is 7.14. The lowest BCUT2D eigenvalue weighted by Gasteiger charge is -2.01. The van der Waals surface area contributed by atoms with E-state index in [9.17, 15) is 9.59 Å². The highest BCUT2D eigenvalue weighted by Crippen LogP contribution is 2.09. The molecule has 0 saturated heterocycles. The van der Waals surface area contributed by atoms with E-state index >= 15 is 0 Å². The van der Waals surface area contributed by atoms with E-state index < -0.39 is 0 Å². The summed E-state index contributed by atoms with van der Waals surface area (Å²) in [5.41, 5.74) is 2.17. The van der Waals surface area contributed by atoms with E-state index in [-0.39, 0.29) is 24.8 Å². The van der Waals surface area contributed by atoms with Crippen LogP contribution in [-0.2, 0) is 14.3 Å². The molecule has 0 aliphatic rings. The lowest BCUT2D eigenvalue weighted by molar-refractivity contribution is -0.140. The molecule has 1 aromatic heterocycles. The Balaban J connectivity index is 1.92. The van der Waals surface area contributed by atoms with Crippen molar-refractivity contribution in [2.75, 3.05) is 13.7 Å². The quantitative estimate of drug-likeness (QED) is 0.662. The van der Waals surface area contributed by atoms with Crippen molar-refractivity contribution in [1.82, 2.24) is 15.3 Å². The molecule has 6 heteroatoms. The van der Waals surface area contributed by atoms with Crippen molar-refractivity contribution >= 4 is 29.0 Å². The Labute approximate surface area is 121 Å². The van der Waals surface area contributed by atoms with E-state index in [4.69, 9.17) is 0 Å². The Morgan fingerprint density at radius 3 is 2.81 bits per heavy atom. The summed E-state index contributed by atoms with van der Waals surface area (Å²) in [5, 5.41) is 2.58. The standard InChI is InChI=1S/C15H15N3O3/c1-21-15(20)8-9-16-14(19)7-6-11-10-17-12-4-2-3-5-13(12)18-11/h2-7,10H,8-9H2,1H3,(H,16,19)/b7-6+. The number of aromatic nitrogens is 2. The molecule has 0 saturated carbocycles. The Morgan fingerprint density at radius 1 is 1.29 bits per heavy atom. The third-order valence-corrected chi connectivity index (χ3v) is 2.73. The van der Waals surface area contributed by atoms with E-state index in [2.05, 4.69) is 20.0 Å². The van der Waals surface area contributed by atoms with E-state index in [1.165, 1.54) is 13.2 Å². The molecular weight excluding hydrogens is 270 g/mol. The largest absolute Gasteiger partial charge is 0.469 e. The average molecular weight is 285 g/mol.